The normalized spacial score (nSPS) is 20.5. The number of carbonyl (C=O) groups excluding carboxylic acids is 2. The second kappa shape index (κ2) is 8.09. The lowest BCUT2D eigenvalue weighted by molar-refractivity contribution is -0.144. The van der Waals surface area contributed by atoms with Crippen molar-refractivity contribution >= 4 is 34.4 Å². The number of methoxy groups -OCH3 is 1. The molecule has 0 aliphatic carbocycles. The average molecular weight is 355 g/mol. The Morgan fingerprint density at radius 3 is 2.88 bits per heavy atom. The fourth-order valence-corrected chi connectivity index (χ4v) is 3.41. The highest BCUT2D eigenvalue weighted by atomic mass is 32.1. The van der Waals surface area contributed by atoms with Crippen LogP contribution in [0.2, 0.25) is 0 Å². The first kappa shape index (κ1) is 18.2. The maximum atomic E-state index is 12.3. The molecular formula is C15H21N3O5S. The number of aliphatic carboxylic acids is 1. The molecule has 2 N–H and O–H groups in total. The summed E-state index contributed by atoms with van der Waals surface area (Å²) in [6, 6.07) is -0.346. The molecule has 1 aromatic rings. The number of piperidine rings is 1. The number of aryl methyl sites for hydroxylation is 1. The highest BCUT2D eigenvalue weighted by Gasteiger charge is 2.32. The third-order valence-corrected chi connectivity index (χ3v) is 4.68. The van der Waals surface area contributed by atoms with Gasteiger partial charge in [-0.15, -0.1) is 11.3 Å². The Morgan fingerprint density at radius 2 is 2.21 bits per heavy atom. The Kier molecular flexibility index (Phi) is 6.13. The Hall–Kier alpha value is -2.16. The van der Waals surface area contributed by atoms with Gasteiger partial charge in [-0.3, -0.25) is 14.9 Å². The van der Waals surface area contributed by atoms with Crippen LogP contribution < -0.4 is 5.32 Å². The second-order valence-electron chi connectivity index (χ2n) is 5.93. The van der Waals surface area contributed by atoms with Crippen LogP contribution in [0.4, 0.5) is 9.93 Å². The highest BCUT2D eigenvalue weighted by Crippen LogP contribution is 2.23. The van der Waals surface area contributed by atoms with E-state index in [1.54, 1.807) is 5.38 Å². The van der Waals surface area contributed by atoms with Crippen LogP contribution in [0.1, 0.15) is 25.5 Å². The number of aromatic nitrogens is 1. The minimum atomic E-state index is -0.876. The Bertz CT molecular complexity index is 618. The van der Waals surface area contributed by atoms with Gasteiger partial charge >= 0.3 is 18.0 Å². The number of amides is 2. The van der Waals surface area contributed by atoms with Gasteiger partial charge < -0.3 is 14.7 Å². The maximum Gasteiger partial charge on any atom is 0.323 e. The third-order valence-electron chi connectivity index (χ3n) is 3.87. The summed E-state index contributed by atoms with van der Waals surface area (Å²) in [7, 11) is 1.33. The van der Waals surface area contributed by atoms with Gasteiger partial charge in [-0.1, -0.05) is 6.92 Å². The first-order chi connectivity index (χ1) is 11.4. The van der Waals surface area contributed by atoms with Crippen molar-refractivity contribution in [2.45, 2.75) is 26.2 Å². The quantitative estimate of drug-likeness (QED) is 0.780. The van der Waals surface area contributed by atoms with E-state index >= 15 is 0 Å². The van der Waals surface area contributed by atoms with Crippen molar-refractivity contribution in [3.63, 3.8) is 0 Å². The summed E-state index contributed by atoms with van der Waals surface area (Å²) < 4.78 is 4.57. The Morgan fingerprint density at radius 1 is 1.46 bits per heavy atom. The summed E-state index contributed by atoms with van der Waals surface area (Å²) in [6.45, 7) is 2.66. The summed E-state index contributed by atoms with van der Waals surface area (Å²) in [5, 5.41) is 14.1. The fourth-order valence-electron chi connectivity index (χ4n) is 2.68. The molecule has 0 radical (unpaired) electrons. The van der Waals surface area contributed by atoms with Crippen molar-refractivity contribution in [3.05, 3.63) is 11.1 Å². The smallest absolute Gasteiger partial charge is 0.323 e. The molecule has 0 spiro atoms. The number of nitrogens with zero attached hydrogens (tertiary/aromatic N) is 2. The van der Waals surface area contributed by atoms with Crippen LogP contribution in [0.5, 0.6) is 0 Å². The van der Waals surface area contributed by atoms with Gasteiger partial charge in [-0.05, 0) is 12.3 Å². The summed E-state index contributed by atoms with van der Waals surface area (Å²) >= 11 is 1.27. The minimum Gasteiger partial charge on any atom is -0.481 e. The molecule has 2 atom stereocenters. The molecule has 2 heterocycles. The number of carbonyl (C=O) groups is 3. The molecule has 9 heteroatoms. The van der Waals surface area contributed by atoms with Gasteiger partial charge in [0.05, 0.1) is 25.1 Å². The Labute approximate surface area is 143 Å². The predicted molar refractivity (Wildman–Crippen MR) is 87.9 cm³/mol. The lowest BCUT2D eigenvalue weighted by atomic mass is 9.91. The largest absolute Gasteiger partial charge is 0.481 e. The molecule has 2 rings (SSSR count). The molecule has 1 aromatic heterocycles. The number of rotatable bonds is 5. The van der Waals surface area contributed by atoms with Gasteiger partial charge in [0, 0.05) is 24.9 Å². The lowest BCUT2D eigenvalue weighted by Gasteiger charge is -2.34. The van der Waals surface area contributed by atoms with Gasteiger partial charge in [0.15, 0.2) is 5.13 Å². The molecule has 2 amide bonds. The summed E-state index contributed by atoms with van der Waals surface area (Å²) in [5.74, 6) is -1.58. The van der Waals surface area contributed by atoms with Crippen LogP contribution in [0, 0.1) is 11.8 Å². The van der Waals surface area contributed by atoms with Crippen LogP contribution >= 0.6 is 11.3 Å². The average Bonchev–Trinajstić information content (AvgIpc) is 2.99. The molecule has 0 aromatic carbocycles. The zero-order chi connectivity index (χ0) is 17.7. The van der Waals surface area contributed by atoms with E-state index in [2.05, 4.69) is 15.0 Å². The number of esters is 1. The van der Waals surface area contributed by atoms with Gasteiger partial charge in [-0.2, -0.15) is 0 Å². The standard InChI is InChI=1S/C15H21N3O5S/c1-9-5-10(13(20)21)7-18(6-9)15(22)17-14-16-11(8-24-14)3-4-12(19)23-2/h8-10H,3-7H2,1-2H3,(H,20,21)(H,16,17,22). The van der Waals surface area contributed by atoms with E-state index in [1.165, 1.54) is 23.3 Å². The molecule has 2 unspecified atom stereocenters. The number of hydrogen-bond donors (Lipinski definition) is 2. The molecule has 1 aliphatic heterocycles. The topological polar surface area (TPSA) is 109 Å². The minimum absolute atomic E-state index is 0.137. The number of carboxylic acids is 1. The van der Waals surface area contributed by atoms with Crippen LogP contribution in [0.15, 0.2) is 5.38 Å². The SMILES string of the molecule is COC(=O)CCc1csc(NC(=O)N2CC(C)CC(C(=O)O)C2)n1. The molecule has 1 saturated heterocycles. The second-order valence-corrected chi connectivity index (χ2v) is 6.79. The molecule has 1 fully saturated rings. The van der Waals surface area contributed by atoms with Gasteiger partial charge in [-0.25, -0.2) is 9.78 Å². The summed E-state index contributed by atoms with van der Waals surface area (Å²) in [4.78, 5) is 40.4. The number of urea groups is 1. The molecule has 0 bridgehead atoms. The fraction of sp³-hybridized carbons (Fsp3) is 0.600. The van der Waals surface area contributed by atoms with Crippen molar-refractivity contribution in [2.75, 3.05) is 25.5 Å². The van der Waals surface area contributed by atoms with Gasteiger partial charge in [0.1, 0.15) is 0 Å². The molecule has 0 saturated carbocycles. The Balaban J connectivity index is 1.91. The van der Waals surface area contributed by atoms with Crippen molar-refractivity contribution in [1.82, 2.24) is 9.88 Å². The number of hydrogen-bond acceptors (Lipinski definition) is 6. The number of nitrogens with one attached hydrogen (secondary N) is 1. The van der Waals surface area contributed by atoms with E-state index in [4.69, 9.17) is 5.11 Å². The van der Waals surface area contributed by atoms with Crippen LogP contribution in [0.25, 0.3) is 0 Å². The van der Waals surface area contributed by atoms with Crippen molar-refractivity contribution in [3.8, 4) is 0 Å². The molecule has 132 valence electrons. The number of thiazole rings is 1. The predicted octanol–water partition coefficient (Wildman–Crippen LogP) is 1.82. The van der Waals surface area contributed by atoms with E-state index in [9.17, 15) is 14.4 Å². The van der Waals surface area contributed by atoms with Gasteiger partial charge in [0.25, 0.3) is 0 Å². The maximum absolute atomic E-state index is 12.3. The van der Waals surface area contributed by atoms with E-state index in [0.29, 0.717) is 30.2 Å². The van der Waals surface area contributed by atoms with Crippen molar-refractivity contribution in [2.24, 2.45) is 11.8 Å². The molecule has 1 aliphatic rings. The van der Waals surface area contributed by atoms with Crippen LogP contribution in [-0.4, -0.2) is 53.2 Å². The molecule has 8 nitrogen and oxygen atoms in total. The van der Waals surface area contributed by atoms with E-state index in [0.717, 1.165) is 0 Å². The summed E-state index contributed by atoms with van der Waals surface area (Å²) in [5.41, 5.74) is 0.705. The summed E-state index contributed by atoms with van der Waals surface area (Å²) in [6.07, 6.45) is 1.26. The third kappa shape index (κ3) is 4.92. The molecular weight excluding hydrogens is 334 g/mol. The number of carboxylic acid groups (broad SMARTS) is 1. The zero-order valence-corrected chi connectivity index (χ0v) is 14.5. The zero-order valence-electron chi connectivity index (χ0n) is 13.7. The van der Waals surface area contributed by atoms with Gasteiger partial charge in [0.2, 0.25) is 0 Å². The first-order valence-electron chi connectivity index (χ1n) is 7.69. The molecule has 24 heavy (non-hydrogen) atoms. The number of anilines is 1. The highest BCUT2D eigenvalue weighted by molar-refractivity contribution is 7.13. The lowest BCUT2D eigenvalue weighted by Crippen LogP contribution is -2.47. The van der Waals surface area contributed by atoms with Crippen LogP contribution in [0.3, 0.4) is 0 Å². The van der Waals surface area contributed by atoms with Crippen LogP contribution in [-0.2, 0) is 20.7 Å². The first-order valence-corrected chi connectivity index (χ1v) is 8.57. The van der Waals surface area contributed by atoms with Crippen molar-refractivity contribution in [1.29, 1.82) is 0 Å². The van der Waals surface area contributed by atoms with E-state index in [1.807, 2.05) is 6.92 Å². The number of ether oxygens (including phenoxy) is 1. The van der Waals surface area contributed by atoms with Crippen molar-refractivity contribution < 1.29 is 24.2 Å². The number of likely N-dealkylation sites (tertiary alicyclic amines) is 1. The van der Waals surface area contributed by atoms with E-state index in [-0.39, 0.29) is 30.9 Å². The monoisotopic (exact) mass is 355 g/mol. The van der Waals surface area contributed by atoms with E-state index < -0.39 is 11.9 Å².